The molecule has 0 spiro atoms. The molecule has 0 aliphatic carbocycles. The number of likely N-dealkylation sites (tertiary alicyclic amines) is 1. The Bertz CT molecular complexity index is 828. The minimum Gasteiger partial charge on any atom is -0.356 e. The molecule has 2 atom stereocenters. The van der Waals surface area contributed by atoms with Gasteiger partial charge in [-0.3, -0.25) is 4.99 Å². The second-order valence-corrected chi connectivity index (χ2v) is 8.04. The number of nitrogens with zero attached hydrogens (tertiary/aromatic N) is 5. The van der Waals surface area contributed by atoms with Crippen molar-refractivity contribution in [2.24, 2.45) is 16.8 Å². The van der Waals surface area contributed by atoms with Crippen molar-refractivity contribution in [3.05, 3.63) is 47.3 Å². The lowest BCUT2D eigenvalue weighted by Crippen LogP contribution is -2.43. The van der Waals surface area contributed by atoms with E-state index < -0.39 is 0 Å². The minimum absolute atomic E-state index is 0.169. The quantitative estimate of drug-likeness (QED) is 0.650. The second kappa shape index (κ2) is 8.29. The summed E-state index contributed by atoms with van der Waals surface area (Å²) in [5, 5.41) is 12.0. The van der Waals surface area contributed by atoms with Gasteiger partial charge in [-0.05, 0) is 55.7 Å². The molecule has 1 N–H and O–H groups in total. The maximum absolute atomic E-state index is 13.1. The summed E-state index contributed by atoms with van der Waals surface area (Å²) in [5.74, 6) is 4.09. The Morgan fingerprint density at radius 3 is 2.79 bits per heavy atom. The summed E-state index contributed by atoms with van der Waals surface area (Å²) >= 11 is 0. The van der Waals surface area contributed by atoms with Crippen molar-refractivity contribution < 1.29 is 4.39 Å². The molecule has 1 aromatic carbocycles. The summed E-state index contributed by atoms with van der Waals surface area (Å²) < 4.78 is 15.3. The van der Waals surface area contributed by atoms with Gasteiger partial charge in [0.25, 0.3) is 0 Å². The van der Waals surface area contributed by atoms with E-state index in [1.165, 1.54) is 5.56 Å². The minimum atomic E-state index is -0.169. The van der Waals surface area contributed by atoms with E-state index >= 15 is 0 Å². The predicted octanol–water partition coefficient (Wildman–Crippen LogP) is 2.43. The van der Waals surface area contributed by atoms with Crippen molar-refractivity contribution in [1.29, 1.82) is 0 Å². The first kappa shape index (κ1) is 18.9. The van der Waals surface area contributed by atoms with E-state index in [1.54, 1.807) is 12.1 Å². The van der Waals surface area contributed by atoms with Crippen LogP contribution in [0.2, 0.25) is 0 Å². The number of hydrogen-bond acceptors (Lipinski definition) is 3. The maximum atomic E-state index is 13.1. The molecular weight excluding hydrogens is 355 g/mol. The standard InChI is InChI=1S/C21H29FN6/c1-15-25-26-20-8-5-18(14-28(15)20)12-24-21(23-2)27-10-9-17(13-27)11-16-3-6-19(22)7-4-16/h3-4,6-7,17-18H,5,8-14H2,1-2H3,(H,23,24). The Morgan fingerprint density at radius 2 is 2.00 bits per heavy atom. The van der Waals surface area contributed by atoms with Gasteiger partial charge in [-0.2, -0.15) is 0 Å². The van der Waals surface area contributed by atoms with Crippen LogP contribution in [0.25, 0.3) is 0 Å². The lowest BCUT2D eigenvalue weighted by atomic mass is 9.99. The third-order valence-electron chi connectivity index (χ3n) is 6.01. The molecule has 1 saturated heterocycles. The molecule has 3 heterocycles. The van der Waals surface area contributed by atoms with Gasteiger partial charge in [0, 0.05) is 39.6 Å². The summed E-state index contributed by atoms with van der Waals surface area (Å²) in [6, 6.07) is 6.90. The predicted molar refractivity (Wildman–Crippen MR) is 108 cm³/mol. The van der Waals surface area contributed by atoms with Crippen LogP contribution in [0, 0.1) is 24.6 Å². The molecule has 7 heteroatoms. The van der Waals surface area contributed by atoms with E-state index in [1.807, 2.05) is 26.1 Å². The number of aliphatic imine (C=N–C) groups is 1. The number of rotatable bonds is 4. The first-order valence-corrected chi connectivity index (χ1v) is 10.2. The molecule has 4 rings (SSSR count). The van der Waals surface area contributed by atoms with Gasteiger partial charge >= 0.3 is 0 Å². The van der Waals surface area contributed by atoms with Crippen LogP contribution in [-0.4, -0.2) is 52.3 Å². The van der Waals surface area contributed by atoms with Crippen molar-refractivity contribution in [1.82, 2.24) is 25.0 Å². The molecule has 1 aromatic heterocycles. The van der Waals surface area contributed by atoms with Crippen LogP contribution in [0.15, 0.2) is 29.3 Å². The van der Waals surface area contributed by atoms with E-state index in [4.69, 9.17) is 0 Å². The fourth-order valence-electron chi connectivity index (χ4n) is 4.41. The molecule has 1 fully saturated rings. The zero-order valence-electron chi connectivity index (χ0n) is 16.7. The lowest BCUT2D eigenvalue weighted by Gasteiger charge is -2.27. The third kappa shape index (κ3) is 4.18. The van der Waals surface area contributed by atoms with E-state index in [2.05, 4.69) is 30.0 Å². The maximum Gasteiger partial charge on any atom is 0.193 e. The number of guanidine groups is 1. The Hall–Kier alpha value is -2.44. The number of halogens is 1. The van der Waals surface area contributed by atoms with Crippen molar-refractivity contribution in [3.63, 3.8) is 0 Å². The molecule has 0 amide bonds. The van der Waals surface area contributed by atoms with Gasteiger partial charge in [0.2, 0.25) is 0 Å². The lowest BCUT2D eigenvalue weighted by molar-refractivity contribution is 0.352. The summed E-state index contributed by atoms with van der Waals surface area (Å²) in [6.45, 7) is 5.94. The highest BCUT2D eigenvalue weighted by atomic mass is 19.1. The van der Waals surface area contributed by atoms with Crippen LogP contribution < -0.4 is 5.32 Å². The highest BCUT2D eigenvalue weighted by Gasteiger charge is 2.26. The fourth-order valence-corrected chi connectivity index (χ4v) is 4.41. The average Bonchev–Trinajstić information content (AvgIpc) is 3.31. The Morgan fingerprint density at radius 1 is 1.18 bits per heavy atom. The smallest absolute Gasteiger partial charge is 0.193 e. The van der Waals surface area contributed by atoms with Crippen molar-refractivity contribution >= 4 is 5.96 Å². The van der Waals surface area contributed by atoms with Crippen LogP contribution >= 0.6 is 0 Å². The van der Waals surface area contributed by atoms with Gasteiger partial charge in [-0.1, -0.05) is 12.1 Å². The van der Waals surface area contributed by atoms with Crippen molar-refractivity contribution in [3.8, 4) is 0 Å². The van der Waals surface area contributed by atoms with Gasteiger partial charge in [0.15, 0.2) is 5.96 Å². The van der Waals surface area contributed by atoms with E-state index in [-0.39, 0.29) is 5.82 Å². The first-order valence-electron chi connectivity index (χ1n) is 10.2. The Kier molecular flexibility index (Phi) is 5.59. The zero-order valence-corrected chi connectivity index (χ0v) is 16.7. The number of aromatic nitrogens is 3. The van der Waals surface area contributed by atoms with Crippen molar-refractivity contribution in [2.75, 3.05) is 26.7 Å². The molecule has 0 saturated carbocycles. The van der Waals surface area contributed by atoms with Crippen molar-refractivity contribution in [2.45, 2.75) is 39.2 Å². The normalized spacial score (nSPS) is 22.4. The third-order valence-corrected chi connectivity index (χ3v) is 6.01. The molecule has 150 valence electrons. The van der Waals surface area contributed by atoms with Gasteiger partial charge in [0.1, 0.15) is 17.5 Å². The summed E-state index contributed by atoms with van der Waals surface area (Å²) in [7, 11) is 1.86. The molecule has 2 aliphatic rings. The number of hydrogen-bond donors (Lipinski definition) is 1. The number of aryl methyl sites for hydroxylation is 2. The molecular formula is C21H29FN6. The van der Waals surface area contributed by atoms with E-state index in [0.717, 1.165) is 69.5 Å². The van der Waals surface area contributed by atoms with Gasteiger partial charge < -0.3 is 14.8 Å². The Labute approximate surface area is 165 Å². The molecule has 2 aliphatic heterocycles. The average molecular weight is 385 g/mol. The summed E-state index contributed by atoms with van der Waals surface area (Å²) in [4.78, 5) is 6.86. The van der Waals surface area contributed by atoms with Crippen LogP contribution in [0.5, 0.6) is 0 Å². The highest BCUT2D eigenvalue weighted by Crippen LogP contribution is 2.22. The largest absolute Gasteiger partial charge is 0.356 e. The van der Waals surface area contributed by atoms with Crippen LogP contribution in [0.1, 0.15) is 30.1 Å². The number of benzene rings is 1. The zero-order chi connectivity index (χ0) is 19.5. The van der Waals surface area contributed by atoms with Crippen LogP contribution in [-0.2, 0) is 19.4 Å². The first-order chi connectivity index (χ1) is 13.6. The molecule has 2 aromatic rings. The highest BCUT2D eigenvalue weighted by molar-refractivity contribution is 5.80. The summed E-state index contributed by atoms with van der Waals surface area (Å²) in [6.07, 6.45) is 4.27. The summed E-state index contributed by atoms with van der Waals surface area (Å²) in [5.41, 5.74) is 1.21. The molecule has 28 heavy (non-hydrogen) atoms. The van der Waals surface area contributed by atoms with Crippen LogP contribution in [0.4, 0.5) is 4.39 Å². The fraction of sp³-hybridized carbons (Fsp3) is 0.571. The van der Waals surface area contributed by atoms with Gasteiger partial charge in [-0.15, -0.1) is 10.2 Å². The Balaban J connectivity index is 1.28. The topological polar surface area (TPSA) is 58.3 Å². The SMILES string of the molecule is CN=C(NCC1CCc2nnc(C)n2C1)N1CCC(Cc2ccc(F)cc2)C1. The number of nitrogens with one attached hydrogen (secondary N) is 1. The van der Waals surface area contributed by atoms with Gasteiger partial charge in [0.05, 0.1) is 0 Å². The number of fused-ring (bicyclic) bond motifs is 1. The van der Waals surface area contributed by atoms with Crippen LogP contribution in [0.3, 0.4) is 0 Å². The van der Waals surface area contributed by atoms with Gasteiger partial charge in [-0.25, -0.2) is 4.39 Å². The van der Waals surface area contributed by atoms with E-state index in [0.29, 0.717) is 11.8 Å². The monoisotopic (exact) mass is 384 g/mol. The molecule has 6 nitrogen and oxygen atoms in total. The molecule has 0 radical (unpaired) electrons. The second-order valence-electron chi connectivity index (χ2n) is 8.04. The molecule has 0 bridgehead atoms. The molecule has 2 unspecified atom stereocenters. The van der Waals surface area contributed by atoms with E-state index in [9.17, 15) is 4.39 Å².